The zero-order valence-corrected chi connectivity index (χ0v) is 21.1. The van der Waals surface area contributed by atoms with Gasteiger partial charge in [-0.05, 0) is 62.4 Å². The van der Waals surface area contributed by atoms with E-state index < -0.39 is 34.5 Å². The van der Waals surface area contributed by atoms with E-state index in [2.05, 4.69) is 20.2 Å². The first-order valence-corrected chi connectivity index (χ1v) is 12.8. The Bertz CT molecular complexity index is 1410. The number of piperidine rings is 1. The molecule has 0 bridgehead atoms. The summed E-state index contributed by atoms with van der Waals surface area (Å²) in [6.07, 6.45) is -2.12. The number of anilines is 1. The van der Waals surface area contributed by atoms with Crippen molar-refractivity contribution in [1.82, 2.24) is 15.3 Å². The van der Waals surface area contributed by atoms with Crippen LogP contribution in [0.1, 0.15) is 41.6 Å². The average Bonchev–Trinajstić information content (AvgIpc) is 3.37. The minimum absolute atomic E-state index is 0.122. The first kappa shape index (κ1) is 26.2. The van der Waals surface area contributed by atoms with Gasteiger partial charge >= 0.3 is 6.18 Å². The standard InChI is InChI=1S/C27H25ClF4N4O2/c28-17-5-7-18(8-6-17)36-12-10-15(11-13-36)25(37)33-14-16-4-9-20(27(30,31)32)22(23(16)29)24-34-21-3-1-2-19(21)26(38)35-24/h4-9,15H,1-3,10-14H2,(H,33,37)(H,34,35,38). The minimum atomic E-state index is -4.87. The Morgan fingerprint density at radius 3 is 2.50 bits per heavy atom. The van der Waals surface area contributed by atoms with Gasteiger partial charge in [-0.2, -0.15) is 13.2 Å². The normalized spacial score (nSPS) is 16.0. The molecule has 38 heavy (non-hydrogen) atoms. The molecule has 1 fully saturated rings. The maximum atomic E-state index is 15.6. The molecule has 2 N–H and O–H groups in total. The van der Waals surface area contributed by atoms with Crippen LogP contribution in [0.3, 0.4) is 0 Å². The summed E-state index contributed by atoms with van der Waals surface area (Å²) in [5.74, 6) is -2.21. The number of amides is 1. The number of H-pyrrole nitrogens is 1. The summed E-state index contributed by atoms with van der Waals surface area (Å²) >= 11 is 5.94. The second-order valence-corrected chi connectivity index (χ2v) is 10.0. The smallest absolute Gasteiger partial charge is 0.371 e. The second kappa shape index (κ2) is 10.4. The van der Waals surface area contributed by atoms with E-state index >= 15 is 4.39 Å². The Morgan fingerprint density at radius 2 is 1.82 bits per heavy atom. The third-order valence-corrected chi connectivity index (χ3v) is 7.47. The quantitative estimate of drug-likeness (QED) is 0.426. The highest BCUT2D eigenvalue weighted by Gasteiger charge is 2.37. The lowest BCUT2D eigenvalue weighted by atomic mass is 9.95. The molecule has 0 unspecified atom stereocenters. The van der Waals surface area contributed by atoms with E-state index in [0.29, 0.717) is 61.5 Å². The van der Waals surface area contributed by atoms with Crippen LogP contribution in [0.2, 0.25) is 5.02 Å². The molecule has 0 atom stereocenters. The summed E-state index contributed by atoms with van der Waals surface area (Å²) in [5, 5.41) is 3.31. The summed E-state index contributed by atoms with van der Waals surface area (Å²) in [4.78, 5) is 33.9. The Kier molecular flexibility index (Phi) is 7.17. The fourth-order valence-electron chi connectivity index (χ4n) is 5.16. The fraction of sp³-hybridized carbons (Fsp3) is 0.370. The van der Waals surface area contributed by atoms with Gasteiger partial charge in [-0.25, -0.2) is 9.37 Å². The van der Waals surface area contributed by atoms with Crippen LogP contribution >= 0.6 is 11.6 Å². The predicted molar refractivity (Wildman–Crippen MR) is 136 cm³/mol. The van der Waals surface area contributed by atoms with E-state index in [9.17, 15) is 22.8 Å². The maximum Gasteiger partial charge on any atom is 0.417 e. The molecule has 6 nitrogen and oxygen atoms in total. The first-order chi connectivity index (χ1) is 18.1. The lowest BCUT2D eigenvalue weighted by Gasteiger charge is -2.33. The molecule has 0 saturated carbocycles. The van der Waals surface area contributed by atoms with Gasteiger partial charge in [0.1, 0.15) is 11.6 Å². The molecule has 3 aromatic rings. The van der Waals surface area contributed by atoms with Gasteiger partial charge < -0.3 is 15.2 Å². The van der Waals surface area contributed by atoms with Crippen LogP contribution in [-0.4, -0.2) is 29.0 Å². The topological polar surface area (TPSA) is 78.1 Å². The number of nitrogens with one attached hydrogen (secondary N) is 2. The summed E-state index contributed by atoms with van der Waals surface area (Å²) < 4.78 is 56.9. The van der Waals surface area contributed by atoms with Crippen LogP contribution in [-0.2, 0) is 30.4 Å². The molecule has 5 rings (SSSR count). The highest BCUT2D eigenvalue weighted by Crippen LogP contribution is 2.38. The molecule has 2 heterocycles. The highest BCUT2D eigenvalue weighted by atomic mass is 35.5. The van der Waals surface area contributed by atoms with E-state index in [0.717, 1.165) is 17.8 Å². The monoisotopic (exact) mass is 548 g/mol. The number of aromatic amines is 1. The SMILES string of the molecule is O=C(NCc1ccc(C(F)(F)F)c(-c2nc3c(c(=O)[nH]2)CCC3)c1F)C1CCN(c2ccc(Cl)cc2)CC1. The van der Waals surface area contributed by atoms with E-state index in [4.69, 9.17) is 11.6 Å². The molecule has 0 spiro atoms. The second-order valence-electron chi connectivity index (χ2n) is 9.61. The Balaban J connectivity index is 1.32. The lowest BCUT2D eigenvalue weighted by Crippen LogP contribution is -2.40. The van der Waals surface area contributed by atoms with Crippen molar-refractivity contribution in [3.63, 3.8) is 0 Å². The first-order valence-electron chi connectivity index (χ1n) is 12.4. The van der Waals surface area contributed by atoms with Crippen molar-refractivity contribution in [2.75, 3.05) is 18.0 Å². The van der Waals surface area contributed by atoms with Crippen LogP contribution in [0.25, 0.3) is 11.4 Å². The number of alkyl halides is 3. The third-order valence-electron chi connectivity index (χ3n) is 7.22. The molecule has 2 aliphatic rings. The molecule has 11 heteroatoms. The summed E-state index contributed by atoms with van der Waals surface area (Å²) in [6, 6.07) is 9.20. The maximum absolute atomic E-state index is 15.6. The number of nitrogens with zero attached hydrogens (tertiary/aromatic N) is 2. The van der Waals surface area contributed by atoms with Crippen LogP contribution in [0, 0.1) is 11.7 Å². The summed E-state index contributed by atoms with van der Waals surface area (Å²) in [6.45, 7) is 1.01. The predicted octanol–water partition coefficient (Wildman–Crippen LogP) is 5.27. The Morgan fingerprint density at radius 1 is 1.11 bits per heavy atom. The van der Waals surface area contributed by atoms with E-state index in [1.165, 1.54) is 0 Å². The number of carbonyl (C=O) groups excluding carboxylic acids is 1. The van der Waals surface area contributed by atoms with Crippen molar-refractivity contribution in [3.8, 4) is 11.4 Å². The minimum Gasteiger partial charge on any atom is -0.371 e. The average molecular weight is 549 g/mol. The van der Waals surface area contributed by atoms with Gasteiger partial charge in [-0.1, -0.05) is 17.7 Å². The van der Waals surface area contributed by atoms with Crippen molar-refractivity contribution in [2.24, 2.45) is 5.92 Å². The lowest BCUT2D eigenvalue weighted by molar-refractivity contribution is -0.137. The van der Waals surface area contributed by atoms with Gasteiger partial charge in [0.25, 0.3) is 5.56 Å². The van der Waals surface area contributed by atoms with Crippen molar-refractivity contribution in [1.29, 1.82) is 0 Å². The fourth-order valence-corrected chi connectivity index (χ4v) is 5.29. The third kappa shape index (κ3) is 5.27. The van der Waals surface area contributed by atoms with Gasteiger partial charge in [0.2, 0.25) is 5.91 Å². The molecule has 1 aromatic heterocycles. The number of aromatic nitrogens is 2. The van der Waals surface area contributed by atoms with Crippen molar-refractivity contribution in [2.45, 2.75) is 44.8 Å². The molecule has 1 aliphatic heterocycles. The summed E-state index contributed by atoms with van der Waals surface area (Å²) in [5.41, 5.74) is -0.908. The number of rotatable bonds is 5. The number of carbonyl (C=O) groups is 1. The van der Waals surface area contributed by atoms with Crippen LogP contribution in [0.4, 0.5) is 23.2 Å². The molecular formula is C27H25ClF4N4O2. The van der Waals surface area contributed by atoms with Crippen LogP contribution < -0.4 is 15.8 Å². The van der Waals surface area contributed by atoms with E-state index in [1.54, 1.807) is 12.1 Å². The number of fused-ring (bicyclic) bond motifs is 1. The van der Waals surface area contributed by atoms with Crippen molar-refractivity contribution in [3.05, 3.63) is 80.0 Å². The van der Waals surface area contributed by atoms with E-state index in [1.807, 2.05) is 12.1 Å². The molecule has 2 aromatic carbocycles. The molecule has 1 aliphatic carbocycles. The zero-order chi connectivity index (χ0) is 27.0. The van der Waals surface area contributed by atoms with Crippen LogP contribution in [0.15, 0.2) is 41.2 Å². The van der Waals surface area contributed by atoms with Crippen molar-refractivity contribution < 1.29 is 22.4 Å². The van der Waals surface area contributed by atoms with Gasteiger partial charge in [0.05, 0.1) is 16.8 Å². The van der Waals surface area contributed by atoms with Crippen molar-refractivity contribution >= 4 is 23.2 Å². The van der Waals surface area contributed by atoms with Crippen LogP contribution in [0.5, 0.6) is 0 Å². The zero-order valence-electron chi connectivity index (χ0n) is 20.3. The molecule has 1 saturated heterocycles. The Labute approximate surface area is 221 Å². The van der Waals surface area contributed by atoms with Gasteiger partial charge in [0.15, 0.2) is 0 Å². The molecule has 1 amide bonds. The molecule has 0 radical (unpaired) electrons. The number of benzene rings is 2. The number of hydrogen-bond acceptors (Lipinski definition) is 4. The van der Waals surface area contributed by atoms with Gasteiger partial charge in [-0.15, -0.1) is 0 Å². The van der Waals surface area contributed by atoms with E-state index in [-0.39, 0.29) is 23.9 Å². The highest BCUT2D eigenvalue weighted by molar-refractivity contribution is 6.30. The molecular weight excluding hydrogens is 524 g/mol. The largest absolute Gasteiger partial charge is 0.417 e. The molecule has 200 valence electrons. The number of halogens is 5. The Hall–Kier alpha value is -3.40. The number of hydrogen-bond donors (Lipinski definition) is 2. The van der Waals surface area contributed by atoms with Gasteiger partial charge in [-0.3, -0.25) is 9.59 Å². The number of aryl methyl sites for hydroxylation is 1. The summed E-state index contributed by atoms with van der Waals surface area (Å²) in [7, 11) is 0. The van der Waals surface area contributed by atoms with Gasteiger partial charge in [0, 0.05) is 47.4 Å².